The van der Waals surface area contributed by atoms with E-state index in [2.05, 4.69) is 10.4 Å². The van der Waals surface area contributed by atoms with Gasteiger partial charge in [-0.1, -0.05) is 29.8 Å². The fraction of sp³-hybridized carbons (Fsp3) is 0.133. The van der Waals surface area contributed by atoms with Crippen molar-refractivity contribution in [2.45, 2.75) is 6.92 Å². The van der Waals surface area contributed by atoms with Gasteiger partial charge in [0, 0.05) is 13.1 Å². The summed E-state index contributed by atoms with van der Waals surface area (Å²) in [6.07, 6.45) is 4.56. The van der Waals surface area contributed by atoms with Crippen LogP contribution in [0.2, 0.25) is 0 Å². The molecule has 0 spiro atoms. The summed E-state index contributed by atoms with van der Waals surface area (Å²) in [5.41, 5.74) is 2.45. The zero-order chi connectivity index (χ0) is 14.5. The fourth-order valence-electron chi connectivity index (χ4n) is 1.68. The summed E-state index contributed by atoms with van der Waals surface area (Å²) in [5.74, 6) is 0.0942. The molecule has 0 radical (unpaired) electrons. The van der Waals surface area contributed by atoms with Crippen LogP contribution in [0, 0.1) is 18.3 Å². The highest BCUT2D eigenvalue weighted by Gasteiger charge is 2.09. The summed E-state index contributed by atoms with van der Waals surface area (Å²) in [5, 5.41) is 15.5. The summed E-state index contributed by atoms with van der Waals surface area (Å²) >= 11 is 0. The molecule has 2 aromatic rings. The topological polar surface area (TPSA) is 70.7 Å². The number of hydrogen-bond acceptors (Lipinski definition) is 3. The molecule has 1 aromatic heterocycles. The van der Waals surface area contributed by atoms with Gasteiger partial charge < -0.3 is 5.32 Å². The van der Waals surface area contributed by atoms with Gasteiger partial charge in [0.2, 0.25) is 5.91 Å². The Morgan fingerprint density at radius 2 is 2.10 bits per heavy atom. The Labute approximate surface area is 117 Å². The number of nitriles is 1. The van der Waals surface area contributed by atoms with Gasteiger partial charge in [-0.15, -0.1) is 0 Å². The monoisotopic (exact) mass is 266 g/mol. The first-order valence-electron chi connectivity index (χ1n) is 6.08. The molecule has 1 amide bonds. The predicted octanol–water partition coefficient (Wildman–Crippen LogP) is 2.25. The van der Waals surface area contributed by atoms with Gasteiger partial charge in [0.1, 0.15) is 17.5 Å². The van der Waals surface area contributed by atoms with Crippen LogP contribution >= 0.6 is 0 Å². The molecule has 0 bridgehead atoms. The van der Waals surface area contributed by atoms with Crippen molar-refractivity contribution in [2.75, 3.05) is 5.32 Å². The highest BCUT2D eigenvalue weighted by molar-refractivity contribution is 6.02. The van der Waals surface area contributed by atoms with Gasteiger partial charge >= 0.3 is 0 Å². The molecule has 0 aliphatic heterocycles. The molecule has 20 heavy (non-hydrogen) atoms. The Hall–Kier alpha value is -2.87. The smallest absolute Gasteiger partial charge is 0.249 e. The second kappa shape index (κ2) is 5.85. The lowest BCUT2D eigenvalue weighted by Gasteiger charge is -2.02. The Morgan fingerprint density at radius 1 is 1.40 bits per heavy atom. The largest absolute Gasteiger partial charge is 0.306 e. The van der Waals surface area contributed by atoms with Crippen LogP contribution in [0.25, 0.3) is 6.08 Å². The molecule has 1 aromatic carbocycles. The number of carbonyl (C=O) groups excluding carboxylic acids is 1. The number of rotatable bonds is 3. The third kappa shape index (κ3) is 3.12. The average Bonchev–Trinajstić information content (AvgIpc) is 2.79. The van der Waals surface area contributed by atoms with Gasteiger partial charge in [0.25, 0.3) is 0 Å². The Balaban J connectivity index is 2.08. The minimum atomic E-state index is -0.300. The normalized spacial score (nSPS) is 10.4. The molecule has 0 aliphatic rings. The van der Waals surface area contributed by atoms with Crippen molar-refractivity contribution in [2.24, 2.45) is 7.05 Å². The van der Waals surface area contributed by atoms with Crippen LogP contribution in [-0.2, 0) is 11.8 Å². The van der Waals surface area contributed by atoms with E-state index in [1.165, 1.54) is 22.5 Å². The molecule has 5 nitrogen and oxygen atoms in total. The lowest BCUT2D eigenvalue weighted by atomic mass is 10.1. The summed E-state index contributed by atoms with van der Waals surface area (Å²) in [7, 11) is 1.67. The summed E-state index contributed by atoms with van der Waals surface area (Å²) < 4.78 is 1.45. The van der Waals surface area contributed by atoms with Gasteiger partial charge in [-0.25, -0.2) is 0 Å². The minimum absolute atomic E-state index is 0.300. The number of aromatic nitrogens is 2. The van der Waals surface area contributed by atoms with Gasteiger partial charge in [0.05, 0.1) is 6.20 Å². The van der Waals surface area contributed by atoms with E-state index < -0.39 is 0 Å². The SMILES string of the molecule is Cc1ccc(/C=C/C(=O)Nc2c(C#N)cnn2C)cc1. The molecule has 0 saturated heterocycles. The van der Waals surface area contributed by atoms with Crippen LogP contribution < -0.4 is 5.32 Å². The standard InChI is InChI=1S/C15H14N4O/c1-11-3-5-12(6-4-11)7-8-14(20)18-15-13(9-16)10-17-19(15)2/h3-8,10H,1-2H3,(H,18,20)/b8-7+. The minimum Gasteiger partial charge on any atom is -0.306 e. The van der Waals surface area contributed by atoms with Gasteiger partial charge in [-0.3, -0.25) is 9.48 Å². The van der Waals surface area contributed by atoms with Crippen LogP contribution in [0.5, 0.6) is 0 Å². The van der Waals surface area contributed by atoms with E-state index in [4.69, 9.17) is 5.26 Å². The van der Waals surface area contributed by atoms with Gasteiger partial charge in [-0.05, 0) is 18.6 Å². The van der Waals surface area contributed by atoms with Crippen molar-refractivity contribution >= 4 is 17.8 Å². The molecule has 1 N–H and O–H groups in total. The van der Waals surface area contributed by atoms with Crippen molar-refractivity contribution < 1.29 is 4.79 Å². The van der Waals surface area contributed by atoms with E-state index in [1.807, 2.05) is 37.3 Å². The van der Waals surface area contributed by atoms with E-state index in [9.17, 15) is 4.79 Å². The van der Waals surface area contributed by atoms with Gasteiger partial charge in [0.15, 0.2) is 0 Å². The highest BCUT2D eigenvalue weighted by Crippen LogP contribution is 2.12. The van der Waals surface area contributed by atoms with Gasteiger partial charge in [-0.2, -0.15) is 10.4 Å². The van der Waals surface area contributed by atoms with Crippen molar-refractivity contribution in [3.05, 3.63) is 53.2 Å². The molecule has 2 rings (SSSR count). The molecule has 0 aliphatic carbocycles. The van der Waals surface area contributed by atoms with E-state index >= 15 is 0 Å². The van der Waals surface area contributed by atoms with Crippen LogP contribution in [0.15, 0.2) is 36.5 Å². The van der Waals surface area contributed by atoms with Crippen LogP contribution in [0.1, 0.15) is 16.7 Å². The Bertz CT molecular complexity index is 690. The fourth-order valence-corrected chi connectivity index (χ4v) is 1.68. The predicted molar refractivity (Wildman–Crippen MR) is 76.8 cm³/mol. The molecule has 0 atom stereocenters. The van der Waals surface area contributed by atoms with E-state index in [0.717, 1.165) is 5.56 Å². The summed E-state index contributed by atoms with van der Waals surface area (Å²) in [6, 6.07) is 9.81. The number of amides is 1. The lowest BCUT2D eigenvalue weighted by Crippen LogP contribution is -2.12. The third-order valence-corrected chi connectivity index (χ3v) is 2.81. The van der Waals surface area contributed by atoms with Crippen LogP contribution in [0.3, 0.4) is 0 Å². The number of carbonyl (C=O) groups is 1. The summed E-state index contributed by atoms with van der Waals surface area (Å²) in [6.45, 7) is 2.01. The molecule has 5 heteroatoms. The zero-order valence-corrected chi connectivity index (χ0v) is 11.3. The second-order valence-corrected chi connectivity index (χ2v) is 4.38. The van der Waals surface area contributed by atoms with Crippen molar-refractivity contribution in [3.8, 4) is 6.07 Å². The zero-order valence-electron chi connectivity index (χ0n) is 11.3. The number of hydrogen-bond donors (Lipinski definition) is 1. The molecule has 0 fully saturated rings. The number of benzene rings is 1. The van der Waals surface area contributed by atoms with E-state index in [0.29, 0.717) is 11.4 Å². The Kier molecular flexibility index (Phi) is 3.96. The first kappa shape index (κ1) is 13.6. The average molecular weight is 266 g/mol. The number of nitrogens with one attached hydrogen (secondary N) is 1. The molecular formula is C15H14N4O. The number of aryl methyl sites for hydroxylation is 2. The maximum absolute atomic E-state index is 11.8. The first-order valence-corrected chi connectivity index (χ1v) is 6.08. The third-order valence-electron chi connectivity index (χ3n) is 2.81. The first-order chi connectivity index (χ1) is 9.60. The van der Waals surface area contributed by atoms with Crippen LogP contribution in [-0.4, -0.2) is 15.7 Å². The lowest BCUT2D eigenvalue weighted by molar-refractivity contribution is -0.111. The molecule has 100 valence electrons. The molecular weight excluding hydrogens is 252 g/mol. The molecule has 1 heterocycles. The maximum atomic E-state index is 11.8. The summed E-state index contributed by atoms with van der Waals surface area (Å²) in [4.78, 5) is 11.8. The molecule has 0 unspecified atom stereocenters. The van der Waals surface area contributed by atoms with Crippen LogP contribution in [0.4, 0.5) is 5.82 Å². The number of nitrogens with zero attached hydrogens (tertiary/aromatic N) is 3. The second-order valence-electron chi connectivity index (χ2n) is 4.38. The van der Waals surface area contributed by atoms with Crippen molar-refractivity contribution in [1.29, 1.82) is 5.26 Å². The quantitative estimate of drug-likeness (QED) is 0.866. The number of anilines is 1. The molecule has 0 saturated carbocycles. The Morgan fingerprint density at radius 3 is 2.75 bits per heavy atom. The highest BCUT2D eigenvalue weighted by atomic mass is 16.1. The van der Waals surface area contributed by atoms with Crippen molar-refractivity contribution in [3.63, 3.8) is 0 Å². The van der Waals surface area contributed by atoms with E-state index in [-0.39, 0.29) is 5.91 Å². The van der Waals surface area contributed by atoms with Crippen molar-refractivity contribution in [1.82, 2.24) is 9.78 Å². The maximum Gasteiger partial charge on any atom is 0.249 e. The van der Waals surface area contributed by atoms with E-state index in [1.54, 1.807) is 13.1 Å².